The lowest BCUT2D eigenvalue weighted by molar-refractivity contribution is -0.155. The first kappa shape index (κ1) is 87.3. The van der Waals surface area contributed by atoms with Crippen molar-refractivity contribution in [2.24, 2.45) is 23.7 Å². The van der Waals surface area contributed by atoms with Crippen molar-refractivity contribution in [1.82, 2.24) is 60.0 Å². The number of nitrogens with zero attached hydrogens (tertiary/aromatic N) is 9. The molecule has 0 radical (unpaired) electrons. The van der Waals surface area contributed by atoms with Crippen LogP contribution in [0.1, 0.15) is 180 Å². The number of likely N-dealkylation sites (N-methyl/N-ethyl adjacent to an activating group) is 7. The van der Waals surface area contributed by atoms with Gasteiger partial charge in [0.15, 0.2) is 0 Å². The first-order chi connectivity index (χ1) is 50.9. The van der Waals surface area contributed by atoms with E-state index in [1.54, 1.807) is 36.1 Å². The zero-order chi connectivity index (χ0) is 79.8. The van der Waals surface area contributed by atoms with E-state index >= 15 is 33.2 Å². The Kier molecular flexibility index (Phi) is 31.6. The van der Waals surface area contributed by atoms with Gasteiger partial charge in [0.2, 0.25) is 70.9 Å². The topological polar surface area (TPSA) is 279 Å². The van der Waals surface area contributed by atoms with Crippen LogP contribution in [0.3, 0.4) is 0 Å². The maximum atomic E-state index is 15.8. The monoisotopic (exact) mass is 1540 g/mol. The number of ether oxygens (including phenoxy) is 1. The molecule has 2 aromatic carbocycles. The van der Waals surface area contributed by atoms with Crippen LogP contribution in [0, 0.1) is 29.5 Å². The Morgan fingerprint density at radius 3 is 1.86 bits per heavy atom. The number of hydrogen-bond acceptors (Lipinski definition) is 13. The van der Waals surface area contributed by atoms with E-state index < -0.39 is 174 Å². The molecule has 25 nitrogen and oxygen atoms in total. The lowest BCUT2D eigenvalue weighted by atomic mass is 9.84. The molecule has 600 valence electrons. The standard InChI is InChI=1S/C78H115ClF4N12O13/c1-14-50(6)68-75(106)89(9)45-66(98)87(7)46-67(99)91(11)62(40-51-24-17-15-18-25-51)72(103)88(8)44-64(96)84-58(31-29-52-28-30-56(57(80)39-52)78(81,82)83)71(102)95-43-55(108-47-53-26-23-27-54(79)38-53)41-60(95)70(101)86-77(32-19-20-33-77)76(107)93(13)61(37-49(4)5)73(104)92(12)63(74(105)94-34-21-16-22-35-94)42-65(97)90(10)59(36-48(2)3)69(100)85-68/h23,26-28,30,38-39,48-51,55,58-63,68H,14-22,24-25,29,31-37,40-47H2,1-13H3,(H,84,96)(H,85,100)(H,86,101)/t50-,55+,58-,59-,60-,61-,62-,63-,68-/m0/s1. The first-order valence-corrected chi connectivity index (χ1v) is 38.8. The summed E-state index contributed by atoms with van der Waals surface area (Å²) in [6.45, 7) is 9.48. The van der Waals surface area contributed by atoms with E-state index in [4.69, 9.17) is 16.3 Å². The average Bonchev–Trinajstić information content (AvgIpc) is 1.55. The second kappa shape index (κ2) is 39.1. The summed E-state index contributed by atoms with van der Waals surface area (Å²) >= 11 is 6.36. The molecule has 5 fully saturated rings. The third-order valence-corrected chi connectivity index (χ3v) is 22.7. The first-order valence-electron chi connectivity index (χ1n) is 38.4. The Hall–Kier alpha value is -7.95. The minimum Gasteiger partial charge on any atom is -0.372 e. The van der Waals surface area contributed by atoms with Gasteiger partial charge in [-0.3, -0.25) is 57.5 Å². The molecular weight excluding hydrogens is 1420 g/mol. The van der Waals surface area contributed by atoms with Crippen LogP contribution in [0.25, 0.3) is 0 Å². The molecule has 3 aliphatic heterocycles. The van der Waals surface area contributed by atoms with Crippen LogP contribution in [-0.4, -0.2) is 258 Å². The van der Waals surface area contributed by atoms with E-state index in [9.17, 15) is 41.9 Å². The number of halogens is 5. The van der Waals surface area contributed by atoms with Gasteiger partial charge in [0.1, 0.15) is 53.6 Å². The summed E-state index contributed by atoms with van der Waals surface area (Å²) in [6, 6.07) is -0.373. The third kappa shape index (κ3) is 22.8. The van der Waals surface area contributed by atoms with Gasteiger partial charge in [-0.15, -0.1) is 0 Å². The van der Waals surface area contributed by atoms with Crippen molar-refractivity contribution >= 4 is 82.5 Å². The minimum atomic E-state index is -5.04. The summed E-state index contributed by atoms with van der Waals surface area (Å²) in [5.74, 6) is -11.1. The Morgan fingerprint density at radius 2 is 1.25 bits per heavy atom. The predicted molar refractivity (Wildman–Crippen MR) is 397 cm³/mol. The number of piperidine rings is 1. The van der Waals surface area contributed by atoms with E-state index in [-0.39, 0.29) is 87.8 Å². The van der Waals surface area contributed by atoms with E-state index in [2.05, 4.69) is 16.0 Å². The number of hydrogen-bond donors (Lipinski definition) is 3. The van der Waals surface area contributed by atoms with Crippen molar-refractivity contribution in [2.45, 2.75) is 237 Å². The van der Waals surface area contributed by atoms with Gasteiger partial charge >= 0.3 is 6.18 Å². The number of carbonyl (C=O) groups excluding carboxylic acids is 12. The molecule has 3 heterocycles. The maximum absolute atomic E-state index is 15.8. The van der Waals surface area contributed by atoms with E-state index in [1.165, 1.54) is 73.8 Å². The highest BCUT2D eigenvalue weighted by Crippen LogP contribution is 2.37. The van der Waals surface area contributed by atoms with Crippen molar-refractivity contribution < 1.29 is 79.8 Å². The SMILES string of the molecule is CC[C@H](C)[C@@H]1NC(=O)[C@H](CC(C)C)N(C)C(=O)C[C@@H](C(=O)N2CCCCC2)N(C)C(=O)[C@H](CC(C)C)N(C)C(=O)C2(CCCC2)NC(=O)[C@@H]2C[C@@H](OCc3cccc(Cl)c3)CN2C(=O)[C@H](CCc2ccc(C(F)(F)F)c(F)c2)NC(=O)CN(C)C(=O)[C@H](CC2CCCCC2)N(C)C(=O)CN(C)C(=O)CN(C)C1=O. The zero-order valence-corrected chi connectivity index (χ0v) is 66.0. The largest absolute Gasteiger partial charge is 0.419 e. The number of nitrogens with one attached hydrogen (secondary N) is 3. The van der Waals surface area contributed by atoms with Crippen LogP contribution >= 0.6 is 11.6 Å². The zero-order valence-electron chi connectivity index (χ0n) is 65.3. The Bertz CT molecular complexity index is 3530. The van der Waals surface area contributed by atoms with Crippen molar-refractivity contribution in [3.05, 3.63) is 70.0 Å². The number of carbonyl (C=O) groups is 12. The Morgan fingerprint density at radius 1 is 0.639 bits per heavy atom. The molecule has 12 amide bonds. The molecule has 9 atom stereocenters. The van der Waals surface area contributed by atoms with Gasteiger partial charge in [0.25, 0.3) is 0 Å². The summed E-state index contributed by atoms with van der Waals surface area (Å²) in [5.41, 5.74) is -2.57. The molecule has 2 aromatic rings. The molecule has 2 saturated carbocycles. The number of rotatable bonds is 15. The van der Waals surface area contributed by atoms with Gasteiger partial charge in [0.05, 0.1) is 44.3 Å². The lowest BCUT2D eigenvalue weighted by Crippen LogP contribution is -2.64. The fraction of sp³-hybridized carbons (Fsp3) is 0.692. The third-order valence-electron chi connectivity index (χ3n) is 22.4. The van der Waals surface area contributed by atoms with Crippen LogP contribution in [0.15, 0.2) is 42.5 Å². The smallest absolute Gasteiger partial charge is 0.372 e. The fourth-order valence-corrected chi connectivity index (χ4v) is 15.8. The van der Waals surface area contributed by atoms with Crippen molar-refractivity contribution in [3.63, 3.8) is 0 Å². The molecule has 7 rings (SSSR count). The van der Waals surface area contributed by atoms with Crippen molar-refractivity contribution in [1.29, 1.82) is 0 Å². The molecular formula is C78H115ClF4N12O13. The van der Waals surface area contributed by atoms with Crippen LogP contribution in [0.2, 0.25) is 5.02 Å². The highest BCUT2D eigenvalue weighted by molar-refractivity contribution is 6.30. The summed E-state index contributed by atoms with van der Waals surface area (Å²) < 4.78 is 63.3. The van der Waals surface area contributed by atoms with Gasteiger partial charge in [-0.1, -0.05) is 123 Å². The Labute approximate surface area is 638 Å². The van der Waals surface area contributed by atoms with Gasteiger partial charge in [-0.05, 0) is 123 Å². The minimum absolute atomic E-state index is 0.0152. The second-order valence-corrected chi connectivity index (χ2v) is 32.0. The molecule has 0 unspecified atom stereocenters. The summed E-state index contributed by atoms with van der Waals surface area (Å²) in [4.78, 5) is 192. The lowest BCUT2D eigenvalue weighted by Gasteiger charge is -2.41. The van der Waals surface area contributed by atoms with Crippen LogP contribution < -0.4 is 16.0 Å². The molecule has 2 aliphatic carbocycles. The quantitative estimate of drug-likeness (QED) is 0.149. The number of alkyl halides is 3. The van der Waals surface area contributed by atoms with Gasteiger partial charge in [-0.2, -0.15) is 13.2 Å². The van der Waals surface area contributed by atoms with Crippen molar-refractivity contribution in [2.75, 3.05) is 88.6 Å². The summed E-state index contributed by atoms with van der Waals surface area (Å²) in [7, 11) is 9.73. The van der Waals surface area contributed by atoms with E-state index in [1.807, 2.05) is 34.6 Å². The molecule has 30 heteroatoms. The van der Waals surface area contributed by atoms with Gasteiger partial charge in [0, 0.05) is 80.4 Å². The second-order valence-electron chi connectivity index (χ2n) is 31.6. The molecule has 3 saturated heterocycles. The number of aryl methyl sites for hydroxylation is 1. The van der Waals surface area contributed by atoms with Crippen LogP contribution in [-0.2, 0) is 81.5 Å². The molecule has 5 aliphatic rings. The number of benzene rings is 2. The molecule has 1 spiro atoms. The van der Waals surface area contributed by atoms with Gasteiger partial charge < -0.3 is 64.8 Å². The Balaban J connectivity index is 1.33. The molecule has 3 N–H and O–H groups in total. The van der Waals surface area contributed by atoms with E-state index in [0.29, 0.717) is 67.9 Å². The average molecular weight is 1540 g/mol. The normalized spacial score (nSPS) is 25.5. The van der Waals surface area contributed by atoms with E-state index in [0.717, 1.165) is 59.3 Å². The van der Waals surface area contributed by atoms with Crippen LogP contribution in [0.4, 0.5) is 17.6 Å². The summed E-state index contributed by atoms with van der Waals surface area (Å²) in [5, 5.41) is 9.06. The number of likely N-dealkylation sites (tertiary alicyclic amines) is 1. The molecule has 108 heavy (non-hydrogen) atoms. The predicted octanol–water partition coefficient (Wildman–Crippen LogP) is 7.22. The fourth-order valence-electron chi connectivity index (χ4n) is 15.6. The highest BCUT2D eigenvalue weighted by atomic mass is 35.5. The summed E-state index contributed by atoms with van der Waals surface area (Å²) in [6.07, 6.45) is 0.675. The maximum Gasteiger partial charge on any atom is 0.419 e. The van der Waals surface area contributed by atoms with Crippen molar-refractivity contribution in [3.8, 4) is 0 Å². The highest BCUT2D eigenvalue weighted by Gasteiger charge is 2.52. The molecule has 0 aromatic heterocycles. The number of amides is 12. The molecule has 0 bridgehead atoms. The van der Waals surface area contributed by atoms with Gasteiger partial charge in [-0.25, -0.2) is 4.39 Å². The number of fused-ring (bicyclic) bond motifs is 1. The van der Waals surface area contributed by atoms with Crippen LogP contribution in [0.5, 0.6) is 0 Å².